The minimum atomic E-state index is -0.398. The fourth-order valence-corrected chi connectivity index (χ4v) is 3.89. The molecule has 0 bridgehead atoms. The van der Waals surface area contributed by atoms with Gasteiger partial charge in [0, 0.05) is 30.3 Å². The number of hydrogen-bond acceptors (Lipinski definition) is 5. The van der Waals surface area contributed by atoms with Gasteiger partial charge in [-0.3, -0.25) is 14.2 Å². The Morgan fingerprint density at radius 3 is 2.72 bits per heavy atom. The van der Waals surface area contributed by atoms with Crippen molar-refractivity contribution >= 4 is 40.0 Å². The molecule has 1 aromatic heterocycles. The van der Waals surface area contributed by atoms with Gasteiger partial charge in [-0.25, -0.2) is 9.37 Å². The van der Waals surface area contributed by atoms with Crippen molar-refractivity contribution in [3.63, 3.8) is 0 Å². The normalized spacial score (nSPS) is 11.1. The Balaban J connectivity index is 1.87. The molecule has 0 aliphatic heterocycles. The second kappa shape index (κ2) is 10.0. The summed E-state index contributed by atoms with van der Waals surface area (Å²) in [5, 5.41) is 1.40. The van der Waals surface area contributed by atoms with Gasteiger partial charge in [-0.05, 0) is 55.8 Å². The molecule has 1 heterocycles. The highest BCUT2D eigenvalue weighted by Gasteiger charge is 2.14. The number of thioether (sulfide) groups is 1. The van der Waals surface area contributed by atoms with E-state index in [0.29, 0.717) is 52.8 Å². The van der Waals surface area contributed by atoms with Crippen LogP contribution < -0.4 is 5.56 Å². The molecular formula is C21H20ClFN2O3S. The monoisotopic (exact) mass is 434 g/mol. The smallest absolute Gasteiger partial charge is 0.262 e. The molecule has 0 saturated carbocycles. The van der Waals surface area contributed by atoms with E-state index in [2.05, 4.69) is 4.98 Å². The van der Waals surface area contributed by atoms with Gasteiger partial charge in [-0.2, -0.15) is 0 Å². The number of halogens is 2. The molecule has 152 valence electrons. The van der Waals surface area contributed by atoms with Gasteiger partial charge in [0.2, 0.25) is 0 Å². The van der Waals surface area contributed by atoms with E-state index in [9.17, 15) is 14.0 Å². The lowest BCUT2D eigenvalue weighted by Gasteiger charge is -2.13. The third kappa shape index (κ3) is 5.44. The maximum absolute atomic E-state index is 13.1. The van der Waals surface area contributed by atoms with Crippen molar-refractivity contribution < 1.29 is 13.9 Å². The van der Waals surface area contributed by atoms with E-state index < -0.39 is 5.82 Å². The summed E-state index contributed by atoms with van der Waals surface area (Å²) in [7, 11) is 0. The summed E-state index contributed by atoms with van der Waals surface area (Å²) in [5.41, 5.74) is 0.716. The number of aromatic nitrogens is 2. The first-order chi connectivity index (χ1) is 14.0. The first-order valence-electron chi connectivity index (χ1n) is 9.19. The quantitative estimate of drug-likeness (QED) is 0.213. The lowest BCUT2D eigenvalue weighted by atomic mass is 10.1. The van der Waals surface area contributed by atoms with Gasteiger partial charge in [-0.1, -0.05) is 23.4 Å². The zero-order chi connectivity index (χ0) is 20.8. The predicted molar refractivity (Wildman–Crippen MR) is 114 cm³/mol. The van der Waals surface area contributed by atoms with Crippen molar-refractivity contribution in [3.8, 4) is 0 Å². The molecule has 0 unspecified atom stereocenters. The molecule has 8 heteroatoms. The van der Waals surface area contributed by atoms with Gasteiger partial charge >= 0.3 is 0 Å². The van der Waals surface area contributed by atoms with Gasteiger partial charge in [0.05, 0.1) is 16.7 Å². The van der Waals surface area contributed by atoms with Crippen LogP contribution in [0.5, 0.6) is 0 Å². The second-order valence-electron chi connectivity index (χ2n) is 6.28. The van der Waals surface area contributed by atoms with Crippen LogP contribution in [0.3, 0.4) is 0 Å². The molecule has 3 rings (SSSR count). The van der Waals surface area contributed by atoms with Gasteiger partial charge in [0.25, 0.3) is 5.56 Å². The molecule has 3 aromatic rings. The van der Waals surface area contributed by atoms with Crippen LogP contribution in [-0.4, -0.2) is 34.3 Å². The number of rotatable bonds is 9. The van der Waals surface area contributed by atoms with Gasteiger partial charge in [0.1, 0.15) is 5.82 Å². The molecule has 29 heavy (non-hydrogen) atoms. The van der Waals surface area contributed by atoms with E-state index in [0.717, 1.165) is 0 Å². The number of carbonyl (C=O) groups excluding carboxylic acids is 1. The lowest BCUT2D eigenvalue weighted by Crippen LogP contribution is -2.24. The fourth-order valence-electron chi connectivity index (χ4n) is 2.80. The summed E-state index contributed by atoms with van der Waals surface area (Å²) in [6, 6.07) is 10.3. The zero-order valence-electron chi connectivity index (χ0n) is 15.9. The Hall–Kier alpha value is -2.22. The molecule has 0 amide bonds. The summed E-state index contributed by atoms with van der Waals surface area (Å²) in [5.74, 6) is -0.489. The van der Waals surface area contributed by atoms with Crippen LogP contribution in [0.2, 0.25) is 5.02 Å². The maximum Gasteiger partial charge on any atom is 0.262 e. The van der Waals surface area contributed by atoms with Crippen LogP contribution >= 0.6 is 23.4 Å². The molecule has 0 aliphatic rings. The van der Waals surface area contributed by atoms with Crippen molar-refractivity contribution in [3.05, 3.63) is 69.2 Å². The summed E-state index contributed by atoms with van der Waals surface area (Å²) in [6.45, 7) is 3.48. The molecule has 5 nitrogen and oxygen atoms in total. The van der Waals surface area contributed by atoms with Crippen molar-refractivity contribution in [1.82, 2.24) is 9.55 Å². The van der Waals surface area contributed by atoms with Crippen molar-refractivity contribution in [1.29, 1.82) is 0 Å². The van der Waals surface area contributed by atoms with Gasteiger partial charge < -0.3 is 4.74 Å². The molecule has 0 atom stereocenters. The molecule has 2 aromatic carbocycles. The number of fused-ring (bicyclic) bond motifs is 1. The lowest BCUT2D eigenvalue weighted by molar-refractivity contribution is 0.102. The zero-order valence-corrected chi connectivity index (χ0v) is 17.4. The van der Waals surface area contributed by atoms with E-state index in [4.69, 9.17) is 16.3 Å². The van der Waals surface area contributed by atoms with Crippen LogP contribution in [0.15, 0.2) is 52.4 Å². The number of carbonyl (C=O) groups is 1. The number of benzene rings is 2. The third-order valence-corrected chi connectivity index (χ3v) is 5.47. The summed E-state index contributed by atoms with van der Waals surface area (Å²) < 4.78 is 20.0. The molecular weight excluding hydrogens is 415 g/mol. The Morgan fingerprint density at radius 1 is 1.24 bits per heavy atom. The topological polar surface area (TPSA) is 61.2 Å². The van der Waals surface area contributed by atoms with Crippen molar-refractivity contribution in [2.45, 2.75) is 25.0 Å². The minimum Gasteiger partial charge on any atom is -0.382 e. The fraction of sp³-hybridized carbons (Fsp3) is 0.286. The second-order valence-corrected chi connectivity index (χ2v) is 7.66. The minimum absolute atomic E-state index is 0.0790. The highest BCUT2D eigenvalue weighted by molar-refractivity contribution is 7.99. The SMILES string of the molecule is CCOCCCn1c(SCC(=O)c2ccc(F)cc2)nc2cc(Cl)ccc2c1=O. The molecule has 0 radical (unpaired) electrons. The van der Waals surface area contributed by atoms with Crippen LogP contribution in [-0.2, 0) is 11.3 Å². The van der Waals surface area contributed by atoms with E-state index >= 15 is 0 Å². The molecule has 0 saturated heterocycles. The number of hydrogen-bond donors (Lipinski definition) is 0. The van der Waals surface area contributed by atoms with Crippen LogP contribution in [0, 0.1) is 5.82 Å². The molecule has 0 spiro atoms. The molecule has 0 fully saturated rings. The van der Waals surface area contributed by atoms with Gasteiger partial charge in [0.15, 0.2) is 10.9 Å². The van der Waals surface area contributed by atoms with Crippen LogP contribution in [0.4, 0.5) is 4.39 Å². The Kier molecular flexibility index (Phi) is 7.41. The Morgan fingerprint density at radius 2 is 2.00 bits per heavy atom. The van der Waals surface area contributed by atoms with Crippen LogP contribution in [0.1, 0.15) is 23.7 Å². The van der Waals surface area contributed by atoms with E-state index in [1.54, 1.807) is 22.8 Å². The van der Waals surface area contributed by atoms with E-state index in [-0.39, 0.29) is 17.1 Å². The average Bonchev–Trinajstić information content (AvgIpc) is 2.71. The van der Waals surface area contributed by atoms with Crippen molar-refractivity contribution in [2.24, 2.45) is 0 Å². The number of nitrogens with zero attached hydrogens (tertiary/aromatic N) is 2. The third-order valence-electron chi connectivity index (χ3n) is 4.26. The largest absolute Gasteiger partial charge is 0.382 e. The van der Waals surface area contributed by atoms with E-state index in [1.807, 2.05) is 6.92 Å². The number of ether oxygens (including phenoxy) is 1. The Bertz CT molecular complexity index is 1070. The standard InChI is InChI=1S/C21H20ClFN2O3S/c1-2-28-11-3-10-25-20(27)17-9-6-15(22)12-18(17)24-21(25)29-13-19(26)14-4-7-16(23)8-5-14/h4-9,12H,2-3,10-11,13H2,1H3. The van der Waals surface area contributed by atoms with Crippen molar-refractivity contribution in [2.75, 3.05) is 19.0 Å². The summed E-state index contributed by atoms with van der Waals surface area (Å²) in [6.07, 6.45) is 0.647. The predicted octanol–water partition coefficient (Wildman–Crippen LogP) is 4.59. The first-order valence-corrected chi connectivity index (χ1v) is 10.6. The van der Waals surface area contributed by atoms with Gasteiger partial charge in [-0.15, -0.1) is 0 Å². The van der Waals surface area contributed by atoms with Crippen LogP contribution in [0.25, 0.3) is 10.9 Å². The Labute approximate surface area is 176 Å². The summed E-state index contributed by atoms with van der Waals surface area (Å²) >= 11 is 7.22. The summed E-state index contributed by atoms with van der Waals surface area (Å²) in [4.78, 5) is 30.0. The maximum atomic E-state index is 13.1. The first kappa shape index (κ1) is 21.5. The highest BCUT2D eigenvalue weighted by atomic mass is 35.5. The highest BCUT2D eigenvalue weighted by Crippen LogP contribution is 2.22. The van der Waals surface area contributed by atoms with E-state index in [1.165, 1.54) is 36.0 Å². The average molecular weight is 435 g/mol. The number of Topliss-reactive ketones (excluding diaryl/α,β-unsaturated/α-hetero) is 1. The molecule has 0 N–H and O–H groups in total. The number of ketones is 1. The molecule has 0 aliphatic carbocycles.